The second kappa shape index (κ2) is 7.14. The summed E-state index contributed by atoms with van der Waals surface area (Å²) in [5, 5.41) is 0. The van der Waals surface area contributed by atoms with Crippen molar-refractivity contribution >= 4 is 22.0 Å². The van der Waals surface area contributed by atoms with Crippen molar-refractivity contribution in [3.63, 3.8) is 0 Å². The predicted octanol–water partition coefficient (Wildman–Crippen LogP) is 5.91. The minimum absolute atomic E-state index is 0.142. The molecule has 148 valence electrons. The highest BCUT2D eigenvalue weighted by Crippen LogP contribution is 2.48. The molecule has 1 aromatic heterocycles. The van der Waals surface area contributed by atoms with Gasteiger partial charge in [-0.1, -0.05) is 12.1 Å². The van der Waals surface area contributed by atoms with Gasteiger partial charge in [0.05, 0.1) is 0 Å². The lowest BCUT2D eigenvalue weighted by atomic mass is 9.84. The van der Waals surface area contributed by atoms with Gasteiger partial charge in [-0.2, -0.15) is 0 Å². The van der Waals surface area contributed by atoms with Crippen LogP contribution in [0.3, 0.4) is 0 Å². The first-order valence-electron chi connectivity index (χ1n) is 9.65. The van der Waals surface area contributed by atoms with Crippen molar-refractivity contribution in [2.75, 3.05) is 0 Å². The van der Waals surface area contributed by atoms with Gasteiger partial charge in [0.2, 0.25) is 0 Å². The lowest BCUT2D eigenvalue weighted by Crippen LogP contribution is -2.40. The summed E-state index contributed by atoms with van der Waals surface area (Å²) in [6.45, 7) is 5.69. The highest BCUT2D eigenvalue weighted by molar-refractivity contribution is 9.10. The van der Waals surface area contributed by atoms with Crippen LogP contribution in [0.1, 0.15) is 51.5 Å². The summed E-state index contributed by atoms with van der Waals surface area (Å²) in [4.78, 5) is 19.2. The number of amides is 1. The molecule has 0 saturated carbocycles. The fourth-order valence-electron chi connectivity index (χ4n) is 4.45. The van der Waals surface area contributed by atoms with E-state index in [9.17, 15) is 9.18 Å². The number of aromatic nitrogens is 1. The van der Waals surface area contributed by atoms with Gasteiger partial charge >= 0.3 is 6.09 Å². The van der Waals surface area contributed by atoms with Gasteiger partial charge in [0.1, 0.15) is 16.0 Å². The maximum atomic E-state index is 13.3. The van der Waals surface area contributed by atoms with E-state index >= 15 is 0 Å². The van der Waals surface area contributed by atoms with Crippen molar-refractivity contribution in [2.45, 2.75) is 63.6 Å². The Kier molecular flexibility index (Phi) is 4.94. The molecule has 2 saturated heterocycles. The largest absolute Gasteiger partial charge is 0.444 e. The number of halogens is 2. The molecule has 1 unspecified atom stereocenters. The third kappa shape index (κ3) is 3.66. The van der Waals surface area contributed by atoms with Gasteiger partial charge in [-0.05, 0) is 85.3 Å². The molecule has 0 spiro atoms. The van der Waals surface area contributed by atoms with E-state index in [-0.39, 0.29) is 29.9 Å². The number of ether oxygens (including phenoxy) is 1. The molecule has 2 aliphatic heterocycles. The third-order valence-corrected chi connectivity index (χ3v) is 6.22. The average Bonchev–Trinajstić information content (AvgIpc) is 3.20. The van der Waals surface area contributed by atoms with Gasteiger partial charge in [-0.25, -0.2) is 14.2 Å². The van der Waals surface area contributed by atoms with E-state index in [1.807, 2.05) is 31.9 Å². The molecule has 2 aliphatic rings. The summed E-state index contributed by atoms with van der Waals surface area (Å²) in [5.41, 5.74) is 2.46. The van der Waals surface area contributed by atoms with Crippen LogP contribution in [-0.2, 0) is 4.74 Å². The number of carbonyl (C=O) groups is 1. The van der Waals surface area contributed by atoms with Gasteiger partial charge in [0, 0.05) is 29.8 Å². The third-order valence-electron chi connectivity index (χ3n) is 5.58. The van der Waals surface area contributed by atoms with E-state index in [0.717, 1.165) is 40.6 Å². The summed E-state index contributed by atoms with van der Waals surface area (Å²) >= 11 is 3.51. The van der Waals surface area contributed by atoms with Crippen molar-refractivity contribution in [3.05, 3.63) is 52.5 Å². The standard InChI is InChI=1S/C22H24BrFN2O2/c1-22(2,3)28-21(27)26-16-8-9-19(26)17(11-16)14-10-18(20(23)25-12-14)13-4-6-15(24)7-5-13/h4-7,10,12,16-17,19H,8-9,11H2,1-3H3/t16-,17?,19+/m0/s1. The van der Waals surface area contributed by atoms with Crippen LogP contribution in [0.15, 0.2) is 41.1 Å². The van der Waals surface area contributed by atoms with Crippen LogP contribution in [0, 0.1) is 5.82 Å². The Morgan fingerprint density at radius 2 is 1.96 bits per heavy atom. The molecule has 0 radical (unpaired) electrons. The zero-order chi connectivity index (χ0) is 20.1. The molecular weight excluding hydrogens is 423 g/mol. The number of nitrogens with zero attached hydrogens (tertiary/aromatic N) is 2. The van der Waals surface area contributed by atoms with Gasteiger partial charge in [-0.15, -0.1) is 0 Å². The SMILES string of the molecule is CC(C)(C)OC(=O)N1[C@H]2CC[C@@H]1C(c1cnc(Br)c(-c3ccc(F)cc3)c1)C2. The molecule has 1 aromatic carbocycles. The highest BCUT2D eigenvalue weighted by Gasteiger charge is 2.50. The van der Waals surface area contributed by atoms with Crippen LogP contribution < -0.4 is 0 Å². The van der Waals surface area contributed by atoms with Crippen LogP contribution >= 0.6 is 15.9 Å². The van der Waals surface area contributed by atoms with E-state index in [4.69, 9.17) is 4.74 Å². The van der Waals surface area contributed by atoms with E-state index in [0.29, 0.717) is 0 Å². The summed E-state index contributed by atoms with van der Waals surface area (Å²) in [6.07, 6.45) is 4.60. The molecule has 4 rings (SSSR count). The first kappa shape index (κ1) is 19.4. The van der Waals surface area contributed by atoms with Crippen LogP contribution in [0.5, 0.6) is 0 Å². The number of fused-ring (bicyclic) bond motifs is 2. The van der Waals surface area contributed by atoms with E-state index < -0.39 is 5.60 Å². The fourth-order valence-corrected chi connectivity index (χ4v) is 4.89. The Balaban J connectivity index is 1.61. The van der Waals surface area contributed by atoms with Gasteiger partial charge in [0.25, 0.3) is 0 Å². The number of hydrogen-bond acceptors (Lipinski definition) is 3. The summed E-state index contributed by atoms with van der Waals surface area (Å²) in [5.74, 6) is -0.0174. The Morgan fingerprint density at radius 3 is 2.64 bits per heavy atom. The molecule has 2 bridgehead atoms. The Morgan fingerprint density at radius 1 is 1.25 bits per heavy atom. The number of rotatable bonds is 2. The van der Waals surface area contributed by atoms with E-state index in [2.05, 4.69) is 27.0 Å². The number of benzene rings is 1. The molecule has 3 heterocycles. The highest BCUT2D eigenvalue weighted by atomic mass is 79.9. The van der Waals surface area contributed by atoms with Crippen molar-refractivity contribution in [1.82, 2.24) is 9.88 Å². The maximum absolute atomic E-state index is 13.3. The maximum Gasteiger partial charge on any atom is 0.410 e. The number of carbonyl (C=O) groups excluding carboxylic acids is 1. The van der Waals surface area contributed by atoms with Gasteiger partial charge in [0.15, 0.2) is 0 Å². The zero-order valence-electron chi connectivity index (χ0n) is 16.3. The van der Waals surface area contributed by atoms with E-state index in [1.165, 1.54) is 12.1 Å². The van der Waals surface area contributed by atoms with Gasteiger partial charge < -0.3 is 9.64 Å². The topological polar surface area (TPSA) is 42.4 Å². The predicted molar refractivity (Wildman–Crippen MR) is 110 cm³/mol. The molecule has 1 amide bonds. The first-order chi connectivity index (χ1) is 13.2. The second-order valence-corrected chi connectivity index (χ2v) is 9.39. The molecule has 28 heavy (non-hydrogen) atoms. The molecule has 4 nitrogen and oxygen atoms in total. The second-order valence-electron chi connectivity index (χ2n) is 8.64. The van der Waals surface area contributed by atoms with Crippen molar-refractivity contribution < 1.29 is 13.9 Å². The van der Waals surface area contributed by atoms with Gasteiger partial charge in [-0.3, -0.25) is 0 Å². The van der Waals surface area contributed by atoms with Crippen molar-refractivity contribution in [3.8, 4) is 11.1 Å². The lowest BCUT2D eigenvalue weighted by Gasteiger charge is -2.28. The molecule has 0 N–H and O–H groups in total. The summed E-state index contributed by atoms with van der Waals surface area (Å²) in [7, 11) is 0. The van der Waals surface area contributed by atoms with Crippen LogP contribution in [0.2, 0.25) is 0 Å². The first-order valence-corrected chi connectivity index (χ1v) is 10.4. The van der Waals surface area contributed by atoms with Crippen LogP contribution in [0.25, 0.3) is 11.1 Å². The molecular formula is C22H24BrFN2O2. The summed E-state index contributed by atoms with van der Waals surface area (Å²) in [6, 6.07) is 8.91. The molecule has 6 heteroatoms. The fraction of sp³-hybridized carbons (Fsp3) is 0.455. The Hall–Kier alpha value is -1.95. The summed E-state index contributed by atoms with van der Waals surface area (Å²) < 4.78 is 19.7. The van der Waals surface area contributed by atoms with Crippen LogP contribution in [-0.4, -0.2) is 33.7 Å². The Labute approximate surface area is 173 Å². The number of pyridine rings is 1. The minimum Gasteiger partial charge on any atom is -0.444 e. The number of hydrogen-bond donors (Lipinski definition) is 0. The molecule has 3 atom stereocenters. The van der Waals surface area contributed by atoms with Crippen molar-refractivity contribution in [1.29, 1.82) is 0 Å². The monoisotopic (exact) mass is 446 g/mol. The molecule has 0 aliphatic carbocycles. The van der Waals surface area contributed by atoms with Crippen LogP contribution in [0.4, 0.5) is 9.18 Å². The van der Waals surface area contributed by atoms with E-state index in [1.54, 1.807) is 12.1 Å². The Bertz CT molecular complexity index is 894. The molecule has 2 fully saturated rings. The quantitative estimate of drug-likeness (QED) is 0.538. The van der Waals surface area contributed by atoms with Crippen molar-refractivity contribution in [2.24, 2.45) is 0 Å². The average molecular weight is 447 g/mol. The smallest absolute Gasteiger partial charge is 0.410 e. The molecule has 2 aromatic rings. The lowest BCUT2D eigenvalue weighted by molar-refractivity contribution is 0.0213. The minimum atomic E-state index is -0.496. The zero-order valence-corrected chi connectivity index (χ0v) is 17.9. The normalized spacial score (nSPS) is 23.9.